The number of nitrogens with one attached hydrogen (secondary N) is 1. The lowest BCUT2D eigenvalue weighted by molar-refractivity contribution is -0.384. The average Bonchev–Trinajstić information content (AvgIpc) is 2.95. The lowest BCUT2D eigenvalue weighted by Gasteiger charge is -2.16. The molecule has 1 N–H and O–H groups in total. The minimum Gasteiger partial charge on any atom is -0.493 e. The number of rotatable bonds is 5. The Morgan fingerprint density at radius 3 is 2.46 bits per heavy atom. The van der Waals surface area contributed by atoms with Gasteiger partial charge in [0, 0.05) is 11.6 Å². The van der Waals surface area contributed by atoms with Gasteiger partial charge in [-0.2, -0.15) is 13.2 Å². The summed E-state index contributed by atoms with van der Waals surface area (Å²) in [6.45, 7) is 0. The molecule has 8 nitrogen and oxygen atoms in total. The van der Waals surface area contributed by atoms with Crippen molar-refractivity contribution < 1.29 is 37.1 Å². The van der Waals surface area contributed by atoms with E-state index >= 15 is 0 Å². The van der Waals surface area contributed by atoms with Crippen molar-refractivity contribution in [2.75, 3.05) is 19.5 Å². The van der Waals surface area contributed by atoms with Gasteiger partial charge in [-0.3, -0.25) is 10.1 Å². The first-order valence-corrected chi connectivity index (χ1v) is 7.75. The van der Waals surface area contributed by atoms with E-state index in [2.05, 4.69) is 5.32 Å². The maximum Gasteiger partial charge on any atom is 0.416 e. The minimum atomic E-state index is -4.74. The SMILES string of the molecule is COc1ccc2c(c1OC)C(=O)OC2Nc1ccc(C(F)(F)F)cc1[N+](=O)[O-]. The first-order chi connectivity index (χ1) is 13.2. The molecule has 0 fully saturated rings. The fourth-order valence-electron chi connectivity index (χ4n) is 2.83. The van der Waals surface area contributed by atoms with Gasteiger partial charge in [-0.25, -0.2) is 4.79 Å². The van der Waals surface area contributed by atoms with Crippen molar-refractivity contribution in [3.63, 3.8) is 0 Å². The summed E-state index contributed by atoms with van der Waals surface area (Å²) in [6.07, 6.45) is -5.89. The van der Waals surface area contributed by atoms with Crippen molar-refractivity contribution >= 4 is 17.3 Å². The van der Waals surface area contributed by atoms with Gasteiger partial charge in [0.1, 0.15) is 11.3 Å². The highest BCUT2D eigenvalue weighted by molar-refractivity contribution is 5.98. The molecule has 1 unspecified atom stereocenters. The summed E-state index contributed by atoms with van der Waals surface area (Å²) in [4.78, 5) is 22.5. The summed E-state index contributed by atoms with van der Waals surface area (Å²) >= 11 is 0. The lowest BCUT2D eigenvalue weighted by Crippen LogP contribution is -2.13. The molecule has 0 saturated carbocycles. The second kappa shape index (κ2) is 6.91. The van der Waals surface area contributed by atoms with Crippen LogP contribution >= 0.6 is 0 Å². The fraction of sp³-hybridized carbons (Fsp3) is 0.235. The van der Waals surface area contributed by atoms with Crippen LogP contribution in [0.4, 0.5) is 24.5 Å². The van der Waals surface area contributed by atoms with Crippen LogP contribution in [0.2, 0.25) is 0 Å². The van der Waals surface area contributed by atoms with Gasteiger partial charge in [0.2, 0.25) is 6.23 Å². The highest BCUT2D eigenvalue weighted by Gasteiger charge is 2.38. The number of anilines is 1. The third-order valence-electron chi connectivity index (χ3n) is 4.10. The average molecular weight is 398 g/mol. The number of nitrogens with zero attached hydrogens (tertiary/aromatic N) is 1. The topological polar surface area (TPSA) is 99.9 Å². The second-order valence-corrected chi connectivity index (χ2v) is 5.68. The molecule has 0 amide bonds. The molecule has 2 aromatic rings. The van der Waals surface area contributed by atoms with Crippen molar-refractivity contribution in [1.29, 1.82) is 0 Å². The molecule has 3 rings (SSSR count). The number of methoxy groups -OCH3 is 2. The molecule has 0 aromatic heterocycles. The Hall–Kier alpha value is -3.50. The zero-order valence-electron chi connectivity index (χ0n) is 14.5. The summed E-state index contributed by atoms with van der Waals surface area (Å²) in [7, 11) is 2.71. The summed E-state index contributed by atoms with van der Waals surface area (Å²) in [5, 5.41) is 13.8. The Bertz CT molecular complexity index is 961. The number of carbonyl (C=O) groups excluding carboxylic acids is 1. The Morgan fingerprint density at radius 2 is 1.89 bits per heavy atom. The minimum absolute atomic E-state index is 0.0638. The van der Waals surface area contributed by atoms with Gasteiger partial charge < -0.3 is 19.5 Å². The van der Waals surface area contributed by atoms with Crippen molar-refractivity contribution in [2.24, 2.45) is 0 Å². The van der Waals surface area contributed by atoms with E-state index in [0.717, 1.165) is 6.07 Å². The van der Waals surface area contributed by atoms with Gasteiger partial charge in [0.15, 0.2) is 11.5 Å². The highest BCUT2D eigenvalue weighted by Crippen LogP contribution is 2.43. The molecule has 0 aliphatic carbocycles. The van der Waals surface area contributed by atoms with Gasteiger partial charge in [-0.05, 0) is 24.3 Å². The number of nitro groups is 1. The molecule has 148 valence electrons. The van der Waals surface area contributed by atoms with Gasteiger partial charge in [-0.15, -0.1) is 0 Å². The standard InChI is InChI=1S/C17H13F3N2O6/c1-26-12-6-4-9-13(14(12)27-2)16(23)28-15(9)21-10-5-3-8(17(18,19)20)7-11(10)22(24)25/h3-7,15,21H,1-2H3. The first kappa shape index (κ1) is 19.3. The van der Waals surface area contributed by atoms with Crippen molar-refractivity contribution in [3.05, 3.63) is 57.1 Å². The lowest BCUT2D eigenvalue weighted by atomic mass is 10.1. The molecule has 0 radical (unpaired) electrons. The van der Waals surface area contributed by atoms with Crippen LogP contribution in [0.3, 0.4) is 0 Å². The monoisotopic (exact) mass is 398 g/mol. The number of fused-ring (bicyclic) bond motifs is 1. The van der Waals surface area contributed by atoms with Crippen LogP contribution in [0.15, 0.2) is 30.3 Å². The van der Waals surface area contributed by atoms with E-state index in [4.69, 9.17) is 14.2 Å². The van der Waals surface area contributed by atoms with E-state index in [-0.39, 0.29) is 22.7 Å². The van der Waals surface area contributed by atoms with E-state index in [1.807, 2.05) is 0 Å². The van der Waals surface area contributed by atoms with Gasteiger partial charge in [-0.1, -0.05) is 0 Å². The normalized spacial score (nSPS) is 15.6. The summed E-state index contributed by atoms with van der Waals surface area (Å²) < 4.78 is 54.0. The van der Waals surface area contributed by atoms with Crippen LogP contribution in [-0.2, 0) is 10.9 Å². The van der Waals surface area contributed by atoms with Crippen molar-refractivity contribution in [1.82, 2.24) is 0 Å². The maximum absolute atomic E-state index is 12.8. The first-order valence-electron chi connectivity index (χ1n) is 7.75. The third kappa shape index (κ3) is 3.26. The summed E-state index contributed by atoms with van der Waals surface area (Å²) in [6, 6.07) is 5.02. The van der Waals surface area contributed by atoms with Crippen LogP contribution in [0, 0.1) is 10.1 Å². The third-order valence-corrected chi connectivity index (χ3v) is 4.10. The maximum atomic E-state index is 12.8. The van der Waals surface area contributed by atoms with Crippen LogP contribution in [0.5, 0.6) is 11.5 Å². The number of carbonyl (C=O) groups is 1. The molecule has 1 aliphatic heterocycles. The Kier molecular flexibility index (Phi) is 4.75. The van der Waals surface area contributed by atoms with Gasteiger partial charge in [0.05, 0.1) is 24.7 Å². The molecule has 0 saturated heterocycles. The van der Waals surface area contributed by atoms with E-state index < -0.39 is 34.5 Å². The second-order valence-electron chi connectivity index (χ2n) is 5.68. The number of hydrogen-bond acceptors (Lipinski definition) is 7. The zero-order valence-corrected chi connectivity index (χ0v) is 14.5. The predicted octanol–water partition coefficient (Wildman–Crippen LogP) is 3.91. The Morgan fingerprint density at radius 1 is 1.18 bits per heavy atom. The number of alkyl halides is 3. The van der Waals surface area contributed by atoms with E-state index in [1.165, 1.54) is 26.4 Å². The largest absolute Gasteiger partial charge is 0.493 e. The Labute approximate surface area is 156 Å². The quantitative estimate of drug-likeness (QED) is 0.463. The number of cyclic esters (lactones) is 1. The fourth-order valence-corrected chi connectivity index (χ4v) is 2.83. The number of nitro benzene ring substituents is 1. The van der Waals surface area contributed by atoms with E-state index in [1.54, 1.807) is 0 Å². The molecule has 1 aliphatic rings. The van der Waals surface area contributed by atoms with Gasteiger partial charge in [0.25, 0.3) is 5.69 Å². The number of hydrogen-bond donors (Lipinski definition) is 1. The highest BCUT2D eigenvalue weighted by atomic mass is 19.4. The van der Waals surface area contributed by atoms with Crippen LogP contribution in [-0.4, -0.2) is 25.1 Å². The number of halogens is 3. The van der Waals surface area contributed by atoms with Crippen molar-refractivity contribution in [3.8, 4) is 11.5 Å². The molecule has 28 heavy (non-hydrogen) atoms. The Balaban J connectivity index is 2.01. The number of benzene rings is 2. The molecule has 0 spiro atoms. The number of ether oxygens (including phenoxy) is 3. The van der Waals surface area contributed by atoms with Gasteiger partial charge >= 0.3 is 12.1 Å². The summed E-state index contributed by atoms with van der Waals surface area (Å²) in [5.74, 6) is -0.367. The number of esters is 1. The van der Waals surface area contributed by atoms with Crippen LogP contribution in [0.25, 0.3) is 0 Å². The zero-order chi connectivity index (χ0) is 20.6. The van der Waals surface area contributed by atoms with E-state index in [0.29, 0.717) is 17.7 Å². The molecular formula is C17H13F3N2O6. The van der Waals surface area contributed by atoms with Crippen molar-refractivity contribution in [2.45, 2.75) is 12.4 Å². The predicted molar refractivity (Wildman–Crippen MR) is 89.4 cm³/mol. The molecule has 1 heterocycles. The summed E-state index contributed by atoms with van der Waals surface area (Å²) in [5.41, 5.74) is -1.84. The smallest absolute Gasteiger partial charge is 0.416 e. The molecule has 0 bridgehead atoms. The van der Waals surface area contributed by atoms with Crippen LogP contribution in [0.1, 0.15) is 27.7 Å². The molecule has 1 atom stereocenters. The van der Waals surface area contributed by atoms with E-state index in [9.17, 15) is 28.1 Å². The molecule has 2 aromatic carbocycles. The molecule has 11 heteroatoms. The molecular weight excluding hydrogens is 385 g/mol. The van der Waals surface area contributed by atoms with Crippen LogP contribution < -0.4 is 14.8 Å².